The lowest BCUT2D eigenvalue weighted by atomic mass is 10.1. The van der Waals surface area contributed by atoms with Crippen molar-refractivity contribution >= 4 is 39.9 Å². The molecular weight excluding hydrogens is 446 g/mol. The molecule has 0 N–H and O–H groups in total. The van der Waals surface area contributed by atoms with Crippen LogP contribution in [0.15, 0.2) is 24.3 Å². The van der Waals surface area contributed by atoms with Gasteiger partial charge in [0.15, 0.2) is 0 Å². The molecule has 9 nitrogen and oxygen atoms in total. The average Bonchev–Trinajstić information content (AvgIpc) is 2.82. The second-order valence-electron chi connectivity index (χ2n) is 8.63. The Morgan fingerprint density at radius 2 is 1.23 bits per heavy atom. The van der Waals surface area contributed by atoms with Crippen molar-refractivity contribution in [2.24, 2.45) is 0 Å². The minimum atomic E-state index is -3.67. The number of hydrogen-bond donors (Lipinski definition) is 0. The van der Waals surface area contributed by atoms with E-state index in [0.29, 0.717) is 17.3 Å². The predicted octanol–water partition coefficient (Wildman–Crippen LogP) is 0.683. The summed E-state index contributed by atoms with van der Waals surface area (Å²) in [5.74, 6) is -0.916. The highest BCUT2D eigenvalue weighted by Gasteiger charge is 2.35. The summed E-state index contributed by atoms with van der Waals surface area (Å²) < 4.78 is 51.2. The minimum Gasteiger partial charge on any atom is -0.273 e. The van der Waals surface area contributed by atoms with Crippen LogP contribution in [0.25, 0.3) is 0 Å². The number of imide groups is 1. The lowest BCUT2D eigenvalue weighted by molar-refractivity contribution is 0.0647. The zero-order valence-corrected chi connectivity index (χ0v) is 20.6. The largest absolute Gasteiger partial charge is 0.273 e. The van der Waals surface area contributed by atoms with Crippen molar-refractivity contribution in [3.8, 4) is 0 Å². The first-order chi connectivity index (χ1) is 13.6. The number of rotatable bonds is 10. The summed E-state index contributed by atoms with van der Waals surface area (Å²) in [6.07, 6.45) is 2.51. The first kappa shape index (κ1) is 24.7. The fourth-order valence-corrected chi connectivity index (χ4v) is 7.77. The van der Waals surface area contributed by atoms with E-state index in [9.17, 15) is 26.4 Å². The summed E-state index contributed by atoms with van der Waals surface area (Å²) >= 11 is 0. The van der Waals surface area contributed by atoms with Crippen molar-refractivity contribution < 1.29 is 26.4 Å². The Morgan fingerprint density at radius 3 is 1.63 bits per heavy atom. The average molecular weight is 476 g/mol. The molecule has 168 valence electrons. The van der Waals surface area contributed by atoms with Crippen LogP contribution in [0, 0.1) is 0 Å². The van der Waals surface area contributed by atoms with Crippen LogP contribution in [0.2, 0.25) is 19.6 Å². The zero-order valence-electron chi connectivity index (χ0n) is 18.0. The highest BCUT2D eigenvalue weighted by Crippen LogP contribution is 2.22. The molecule has 30 heavy (non-hydrogen) atoms. The topological polar surface area (TPSA) is 112 Å². The Labute approximate surface area is 179 Å². The Morgan fingerprint density at radius 1 is 0.800 bits per heavy atom. The monoisotopic (exact) mass is 475 g/mol. The second kappa shape index (κ2) is 8.87. The lowest BCUT2D eigenvalue weighted by Gasteiger charge is -2.29. The maximum Gasteiger partial charge on any atom is 0.261 e. The van der Waals surface area contributed by atoms with Crippen LogP contribution in [-0.2, 0) is 20.0 Å². The van der Waals surface area contributed by atoms with Crippen molar-refractivity contribution in [2.45, 2.75) is 19.6 Å². The molecule has 1 heterocycles. The van der Waals surface area contributed by atoms with Crippen molar-refractivity contribution in [1.29, 1.82) is 0 Å². The van der Waals surface area contributed by atoms with E-state index in [1.54, 1.807) is 24.3 Å². The van der Waals surface area contributed by atoms with Crippen LogP contribution in [0.5, 0.6) is 0 Å². The molecule has 0 bridgehead atoms. The summed E-state index contributed by atoms with van der Waals surface area (Å²) in [5, 5.41) is 0. The predicted molar refractivity (Wildman–Crippen MR) is 118 cm³/mol. The van der Waals surface area contributed by atoms with E-state index in [-0.39, 0.29) is 26.2 Å². The summed E-state index contributed by atoms with van der Waals surface area (Å²) in [6, 6.07) is 6.44. The van der Waals surface area contributed by atoms with E-state index < -0.39 is 39.9 Å². The number of carbonyl (C=O) groups excluding carboxylic acids is 2. The maximum absolute atomic E-state index is 12.5. The van der Waals surface area contributed by atoms with E-state index in [1.165, 1.54) is 4.31 Å². The smallest absolute Gasteiger partial charge is 0.261 e. The number of nitrogens with zero attached hydrogens (tertiary/aromatic N) is 3. The number of carbonyl (C=O) groups is 2. The minimum absolute atomic E-state index is 0.0122. The zero-order chi connectivity index (χ0) is 22.9. The van der Waals surface area contributed by atoms with Gasteiger partial charge in [-0.25, -0.2) is 21.1 Å². The van der Waals surface area contributed by atoms with Gasteiger partial charge in [0.05, 0.1) is 31.7 Å². The Hall–Kier alpha value is -1.60. The third-order valence-corrected chi connectivity index (χ3v) is 8.75. The highest BCUT2D eigenvalue weighted by atomic mass is 32.2. The second-order valence-corrected chi connectivity index (χ2v) is 18.0. The Balaban J connectivity index is 2.11. The molecule has 12 heteroatoms. The van der Waals surface area contributed by atoms with Gasteiger partial charge in [-0.2, -0.15) is 4.31 Å². The highest BCUT2D eigenvalue weighted by molar-refractivity contribution is 7.88. The Bertz CT molecular complexity index is 999. The molecule has 0 atom stereocenters. The van der Waals surface area contributed by atoms with Crippen LogP contribution >= 0.6 is 0 Å². The van der Waals surface area contributed by atoms with Gasteiger partial charge in [-0.3, -0.25) is 14.5 Å². The number of benzene rings is 1. The van der Waals surface area contributed by atoms with Gasteiger partial charge >= 0.3 is 0 Å². The van der Waals surface area contributed by atoms with Gasteiger partial charge in [-0.15, -0.1) is 0 Å². The molecule has 1 aliphatic rings. The molecule has 1 aromatic rings. The molecule has 0 spiro atoms. The van der Waals surface area contributed by atoms with Gasteiger partial charge < -0.3 is 0 Å². The summed E-state index contributed by atoms with van der Waals surface area (Å²) in [5.41, 5.74) is 0.596. The van der Waals surface area contributed by atoms with E-state index in [2.05, 4.69) is 0 Å². The molecule has 0 unspecified atom stereocenters. The fourth-order valence-electron chi connectivity index (χ4n) is 3.21. The number of hydrogen-bond acceptors (Lipinski definition) is 6. The van der Waals surface area contributed by atoms with Crippen LogP contribution in [0.3, 0.4) is 0 Å². The maximum atomic E-state index is 12.5. The molecule has 0 fully saturated rings. The normalized spacial score (nSPS) is 15.4. The van der Waals surface area contributed by atoms with E-state index in [1.807, 2.05) is 19.6 Å². The standard InChI is InChI=1S/C18H29N3O6S2Si/c1-28(24,25)19(10-11-20(29(2,26)27)14-30(3,4)5)12-13-21-17(22)15-8-6-7-9-16(15)18(21)23/h6-9H,10-14H2,1-5H3. The fraction of sp³-hybridized carbons (Fsp3) is 0.556. The lowest BCUT2D eigenvalue weighted by Crippen LogP contribution is -2.48. The summed E-state index contributed by atoms with van der Waals surface area (Å²) in [4.78, 5) is 26.0. The van der Waals surface area contributed by atoms with E-state index in [4.69, 9.17) is 0 Å². The molecule has 0 saturated carbocycles. The summed E-state index contributed by atoms with van der Waals surface area (Å²) in [7, 11) is -8.93. The third kappa shape index (κ3) is 6.20. The quantitative estimate of drug-likeness (QED) is 0.363. The molecule has 0 saturated heterocycles. The Kier molecular flexibility index (Phi) is 7.29. The van der Waals surface area contributed by atoms with Crippen LogP contribution < -0.4 is 0 Å². The SMILES string of the molecule is C[Si](C)(C)CN(CCN(CCN1C(=O)c2ccccc2C1=O)S(C)(=O)=O)S(C)(=O)=O. The molecule has 1 aliphatic heterocycles. The van der Waals surface area contributed by atoms with E-state index in [0.717, 1.165) is 21.7 Å². The number of amides is 2. The molecule has 1 aromatic carbocycles. The molecule has 2 amide bonds. The van der Waals surface area contributed by atoms with E-state index >= 15 is 0 Å². The molecule has 2 rings (SSSR count). The van der Waals surface area contributed by atoms with Crippen molar-refractivity contribution in [3.63, 3.8) is 0 Å². The van der Waals surface area contributed by atoms with Gasteiger partial charge in [0.1, 0.15) is 0 Å². The van der Waals surface area contributed by atoms with Crippen molar-refractivity contribution in [1.82, 2.24) is 13.5 Å². The summed E-state index contributed by atoms with van der Waals surface area (Å²) in [6.45, 7) is 5.84. The molecular formula is C18H29N3O6S2Si. The van der Waals surface area contributed by atoms with Crippen molar-refractivity contribution in [3.05, 3.63) is 35.4 Å². The molecule has 0 radical (unpaired) electrons. The third-order valence-electron chi connectivity index (χ3n) is 4.64. The van der Waals surface area contributed by atoms with Gasteiger partial charge in [0.25, 0.3) is 11.8 Å². The van der Waals surface area contributed by atoms with Gasteiger partial charge in [0.2, 0.25) is 20.0 Å². The van der Waals surface area contributed by atoms with Gasteiger partial charge in [-0.1, -0.05) is 31.8 Å². The first-order valence-electron chi connectivity index (χ1n) is 9.47. The number of sulfonamides is 2. The van der Waals surface area contributed by atoms with Crippen molar-refractivity contribution in [2.75, 3.05) is 44.9 Å². The van der Waals surface area contributed by atoms with Crippen LogP contribution in [0.1, 0.15) is 20.7 Å². The number of fused-ring (bicyclic) bond motifs is 1. The van der Waals surface area contributed by atoms with Gasteiger partial charge in [-0.05, 0) is 12.1 Å². The molecule has 0 aliphatic carbocycles. The van der Waals surface area contributed by atoms with Gasteiger partial charge in [0, 0.05) is 32.3 Å². The molecule has 0 aromatic heterocycles. The van der Waals surface area contributed by atoms with Crippen LogP contribution in [0.4, 0.5) is 0 Å². The first-order valence-corrected chi connectivity index (χ1v) is 16.9. The van der Waals surface area contributed by atoms with Crippen LogP contribution in [-0.4, -0.2) is 95.1 Å².